The molecule has 3 aliphatic carbocycles. The molecule has 2 bridgehead atoms. The highest BCUT2D eigenvalue weighted by molar-refractivity contribution is 5.81. The quantitative estimate of drug-likeness (QED) is 0.309. The number of fused-ring (bicyclic) bond motifs is 3. The van der Waals surface area contributed by atoms with Crippen LogP contribution in [0.2, 0.25) is 0 Å². The number of hydrogen-bond donors (Lipinski definition) is 0. The van der Waals surface area contributed by atoms with E-state index < -0.39 is 65.1 Å². The van der Waals surface area contributed by atoms with Crippen molar-refractivity contribution >= 4 is 17.1 Å². The highest BCUT2D eigenvalue weighted by Crippen LogP contribution is 2.61. The Kier molecular flexibility index (Phi) is 8.14. The number of carbonyl (C=O) groups excluding carboxylic acids is 1. The van der Waals surface area contributed by atoms with Crippen LogP contribution < -0.4 is 4.74 Å². The average molecular weight is 636 g/mol. The monoisotopic (exact) mass is 635 g/mol. The van der Waals surface area contributed by atoms with Crippen molar-refractivity contribution < 1.29 is 45.0 Å². The number of carbonyl (C=O) groups is 1. The molecule has 13 heteroatoms. The smallest absolute Gasteiger partial charge is 0.418 e. The zero-order chi connectivity index (χ0) is 32.6. The van der Waals surface area contributed by atoms with Crippen molar-refractivity contribution in [2.75, 3.05) is 6.61 Å². The SMILES string of the molecule is CC(C)n1cnc2cc(OC[C@@H]3C[C@](F)([C@H]4CC(C(F)(F)F)C5CC4C5)C[C@H](C)N3C(=O)OC(C)(C)C)cc(C(F)(F)F)c21. The van der Waals surface area contributed by atoms with Gasteiger partial charge in [-0.25, -0.2) is 14.2 Å². The molecule has 44 heavy (non-hydrogen) atoms. The molecule has 1 saturated heterocycles. The molecule has 6 rings (SSSR count). The molecule has 1 aromatic heterocycles. The molecule has 1 amide bonds. The highest BCUT2D eigenvalue weighted by atomic mass is 19.4. The van der Waals surface area contributed by atoms with Crippen molar-refractivity contribution in [2.45, 2.75) is 115 Å². The number of likely N-dealkylation sites (tertiary alicyclic amines) is 1. The zero-order valence-electron chi connectivity index (χ0n) is 25.7. The molecule has 1 aromatic carbocycles. The Morgan fingerprint density at radius 1 is 1.05 bits per heavy atom. The summed E-state index contributed by atoms with van der Waals surface area (Å²) in [5, 5.41) is 0. The molecule has 2 heterocycles. The topological polar surface area (TPSA) is 56.6 Å². The van der Waals surface area contributed by atoms with Gasteiger partial charge in [-0.05, 0) is 84.6 Å². The number of alkyl halides is 7. The molecule has 246 valence electrons. The molecule has 1 unspecified atom stereocenters. The Hall–Kier alpha value is -2.73. The first-order valence-electron chi connectivity index (χ1n) is 15.2. The fraction of sp³-hybridized carbons (Fsp3) is 0.742. The third kappa shape index (κ3) is 6.21. The molecule has 0 radical (unpaired) electrons. The van der Waals surface area contributed by atoms with Crippen LogP contribution in [0.4, 0.5) is 35.5 Å². The number of rotatable bonds is 5. The minimum absolute atomic E-state index is 0.0595. The molecule has 4 aliphatic rings. The first kappa shape index (κ1) is 32.7. The van der Waals surface area contributed by atoms with Crippen LogP contribution in [0.3, 0.4) is 0 Å². The summed E-state index contributed by atoms with van der Waals surface area (Å²) in [6.45, 7) is 9.70. The summed E-state index contributed by atoms with van der Waals surface area (Å²) in [5.41, 5.74) is -3.90. The van der Waals surface area contributed by atoms with Gasteiger partial charge in [0.2, 0.25) is 0 Å². The van der Waals surface area contributed by atoms with E-state index in [0.717, 1.165) is 6.07 Å². The molecule has 4 fully saturated rings. The molecule has 5 atom stereocenters. The predicted molar refractivity (Wildman–Crippen MR) is 149 cm³/mol. The lowest BCUT2D eigenvalue weighted by Gasteiger charge is -2.58. The number of benzene rings is 1. The molecule has 6 nitrogen and oxygen atoms in total. The fourth-order valence-electron chi connectivity index (χ4n) is 7.70. The van der Waals surface area contributed by atoms with E-state index in [-0.39, 0.29) is 54.6 Å². The van der Waals surface area contributed by atoms with E-state index in [1.54, 1.807) is 41.5 Å². The summed E-state index contributed by atoms with van der Waals surface area (Å²) in [6, 6.07) is 0.173. The summed E-state index contributed by atoms with van der Waals surface area (Å²) >= 11 is 0. The van der Waals surface area contributed by atoms with Crippen molar-refractivity contribution in [1.29, 1.82) is 0 Å². The van der Waals surface area contributed by atoms with Gasteiger partial charge in [0.05, 0.1) is 34.9 Å². The van der Waals surface area contributed by atoms with Crippen molar-refractivity contribution in [3.63, 3.8) is 0 Å². The van der Waals surface area contributed by atoms with Crippen LogP contribution in [0.25, 0.3) is 11.0 Å². The molecule has 3 saturated carbocycles. The molecule has 2 aromatic rings. The summed E-state index contributed by atoms with van der Waals surface area (Å²) < 4.78 is 114. The molecular weight excluding hydrogens is 595 g/mol. The summed E-state index contributed by atoms with van der Waals surface area (Å²) in [5.74, 6) is -3.26. The van der Waals surface area contributed by atoms with Gasteiger partial charge in [-0.3, -0.25) is 4.90 Å². The summed E-state index contributed by atoms with van der Waals surface area (Å²) in [7, 11) is 0. The Bertz CT molecular complexity index is 1380. The van der Waals surface area contributed by atoms with Gasteiger partial charge in [-0.1, -0.05) is 0 Å². The third-order valence-electron chi connectivity index (χ3n) is 9.57. The first-order valence-corrected chi connectivity index (χ1v) is 15.2. The lowest BCUT2D eigenvalue weighted by molar-refractivity contribution is -0.239. The second kappa shape index (κ2) is 11.0. The molecule has 0 spiro atoms. The lowest BCUT2D eigenvalue weighted by atomic mass is 9.50. The van der Waals surface area contributed by atoms with Gasteiger partial charge < -0.3 is 14.0 Å². The van der Waals surface area contributed by atoms with Crippen molar-refractivity contribution in [2.24, 2.45) is 23.7 Å². The van der Waals surface area contributed by atoms with Crippen LogP contribution in [0.15, 0.2) is 18.5 Å². The number of amides is 1. The Morgan fingerprint density at radius 2 is 1.70 bits per heavy atom. The Morgan fingerprint density at radius 3 is 2.27 bits per heavy atom. The second-order valence-electron chi connectivity index (χ2n) is 14.2. The Labute approximate surface area is 252 Å². The lowest BCUT2D eigenvalue weighted by Crippen LogP contribution is -2.63. The maximum absolute atomic E-state index is 17.0. The van der Waals surface area contributed by atoms with E-state index in [4.69, 9.17) is 9.47 Å². The second-order valence-corrected chi connectivity index (χ2v) is 14.2. The standard InChI is InChI=1S/C31H40F7N3O3/c1-16(2)40-15-39-25-10-21(9-24(26(25)40)31(36,37)38)43-14-20-13-29(32,12-17(3)41(20)27(42)44-28(4,5)6)22-11-23(30(33,34)35)19-7-18(22)8-19/h9-10,15-20,22-23H,7-8,11-14H2,1-6H3/t17-,18?,19?,20-,22-,23?,29-/m0/s1. The summed E-state index contributed by atoms with van der Waals surface area (Å²) in [4.78, 5) is 18.8. The molecular formula is C31H40F7N3O3. The number of aromatic nitrogens is 2. The minimum Gasteiger partial charge on any atom is -0.491 e. The third-order valence-corrected chi connectivity index (χ3v) is 9.57. The van der Waals surface area contributed by atoms with E-state index in [9.17, 15) is 31.1 Å². The van der Waals surface area contributed by atoms with Gasteiger partial charge in [0.1, 0.15) is 23.6 Å². The number of imidazole rings is 1. The Balaban J connectivity index is 1.46. The van der Waals surface area contributed by atoms with Crippen molar-refractivity contribution in [3.8, 4) is 5.75 Å². The van der Waals surface area contributed by atoms with Crippen molar-refractivity contribution in [1.82, 2.24) is 14.5 Å². The van der Waals surface area contributed by atoms with Gasteiger partial charge in [0.15, 0.2) is 0 Å². The van der Waals surface area contributed by atoms with E-state index in [1.165, 1.54) is 21.9 Å². The molecule has 0 N–H and O–H groups in total. The van der Waals surface area contributed by atoms with E-state index in [0.29, 0.717) is 12.8 Å². The van der Waals surface area contributed by atoms with Crippen LogP contribution in [-0.4, -0.2) is 56.7 Å². The summed E-state index contributed by atoms with van der Waals surface area (Å²) in [6.07, 6.45) is -8.74. The molecule has 1 aliphatic heterocycles. The average Bonchev–Trinajstić information content (AvgIpc) is 3.28. The number of halogens is 7. The number of hydrogen-bond acceptors (Lipinski definition) is 4. The fourth-order valence-corrected chi connectivity index (χ4v) is 7.70. The largest absolute Gasteiger partial charge is 0.491 e. The van der Waals surface area contributed by atoms with Gasteiger partial charge in [0, 0.05) is 31.0 Å². The number of nitrogens with zero attached hydrogens (tertiary/aromatic N) is 3. The van der Waals surface area contributed by atoms with Crippen LogP contribution in [0, 0.1) is 23.7 Å². The van der Waals surface area contributed by atoms with Crippen LogP contribution in [0.1, 0.15) is 85.3 Å². The predicted octanol–water partition coefficient (Wildman–Crippen LogP) is 8.74. The maximum atomic E-state index is 17.0. The first-order chi connectivity index (χ1) is 20.2. The normalized spacial score (nSPS) is 31.3. The van der Waals surface area contributed by atoms with E-state index in [1.807, 2.05) is 0 Å². The van der Waals surface area contributed by atoms with Gasteiger partial charge in [0.25, 0.3) is 0 Å². The number of piperidine rings is 1. The van der Waals surface area contributed by atoms with Gasteiger partial charge in [-0.2, -0.15) is 26.3 Å². The van der Waals surface area contributed by atoms with Crippen molar-refractivity contribution in [3.05, 3.63) is 24.0 Å². The van der Waals surface area contributed by atoms with Crippen LogP contribution in [0.5, 0.6) is 5.75 Å². The van der Waals surface area contributed by atoms with Crippen LogP contribution in [-0.2, 0) is 10.9 Å². The minimum atomic E-state index is -4.73. The zero-order valence-corrected chi connectivity index (χ0v) is 25.7. The van der Waals surface area contributed by atoms with E-state index in [2.05, 4.69) is 4.98 Å². The number of ether oxygens (including phenoxy) is 2. The van der Waals surface area contributed by atoms with E-state index >= 15 is 4.39 Å². The van der Waals surface area contributed by atoms with Gasteiger partial charge >= 0.3 is 18.4 Å². The van der Waals surface area contributed by atoms with Gasteiger partial charge in [-0.15, -0.1) is 0 Å². The van der Waals surface area contributed by atoms with Crippen LogP contribution >= 0.6 is 0 Å². The highest BCUT2D eigenvalue weighted by Gasteiger charge is 2.62. The maximum Gasteiger partial charge on any atom is 0.418 e.